The second-order valence-electron chi connectivity index (χ2n) is 9.95. The van der Waals surface area contributed by atoms with Crippen LogP contribution in [0.15, 0.2) is 49.2 Å². The number of halogens is 5. The van der Waals surface area contributed by atoms with Crippen LogP contribution in [0.5, 0.6) is 0 Å². The lowest BCUT2D eigenvalue weighted by Crippen LogP contribution is -2.40. The first-order valence-electron chi connectivity index (χ1n) is 13.0. The molecule has 10 nitrogen and oxygen atoms in total. The number of nitrogens with one attached hydrogen (secondary N) is 1. The van der Waals surface area contributed by atoms with Crippen molar-refractivity contribution in [3.63, 3.8) is 0 Å². The van der Waals surface area contributed by atoms with Crippen LogP contribution in [0.3, 0.4) is 0 Å². The van der Waals surface area contributed by atoms with E-state index < -0.39 is 24.1 Å². The molecule has 0 spiro atoms. The van der Waals surface area contributed by atoms with Crippen LogP contribution in [0.25, 0.3) is 11.1 Å². The Bertz CT molecular complexity index is 1360. The minimum Gasteiger partial charge on any atom is -0.481 e. The summed E-state index contributed by atoms with van der Waals surface area (Å²) in [6, 6.07) is 3.60. The van der Waals surface area contributed by atoms with E-state index in [4.69, 9.17) is 0 Å². The van der Waals surface area contributed by atoms with Gasteiger partial charge in [-0.1, -0.05) is 6.07 Å². The summed E-state index contributed by atoms with van der Waals surface area (Å²) in [7, 11) is 0. The average Bonchev–Trinajstić information content (AvgIpc) is 3.43. The maximum absolute atomic E-state index is 13.6. The Hall–Kier alpha value is -3.55. The number of carbonyl (C=O) groups is 2. The van der Waals surface area contributed by atoms with Crippen molar-refractivity contribution in [3.8, 4) is 11.1 Å². The summed E-state index contributed by atoms with van der Waals surface area (Å²) in [5.41, 5.74) is 1.97. The van der Waals surface area contributed by atoms with Crippen molar-refractivity contribution in [2.45, 2.75) is 44.4 Å². The van der Waals surface area contributed by atoms with Gasteiger partial charge in [-0.3, -0.25) is 19.5 Å². The van der Waals surface area contributed by atoms with Crippen molar-refractivity contribution in [1.29, 1.82) is 0 Å². The van der Waals surface area contributed by atoms with E-state index in [2.05, 4.69) is 25.3 Å². The standard InChI is InChI=1S/C27H28F3N7O3.2ClH/c28-27(29,30)22-4-2-8-37(22)16-19-11-23(33-13-20(19)18-3-1-7-31-12-18)35-25(38)21-14-34-24(15-32-21)36-9-5-17(6-10-36)26(39)40;;/h1,3,7,11-15,17,22H,2,4-6,8-10,16H2,(H,39,40)(H,33,35,38);2*1H/t22-;;/m0../s1. The summed E-state index contributed by atoms with van der Waals surface area (Å²) in [5.74, 6) is -1.02. The van der Waals surface area contributed by atoms with Crippen molar-refractivity contribution in [1.82, 2.24) is 24.8 Å². The van der Waals surface area contributed by atoms with Gasteiger partial charge in [0, 0.05) is 49.4 Å². The van der Waals surface area contributed by atoms with Crippen molar-refractivity contribution < 1.29 is 27.9 Å². The molecule has 0 unspecified atom stereocenters. The van der Waals surface area contributed by atoms with Crippen molar-refractivity contribution in [3.05, 3.63) is 60.4 Å². The summed E-state index contributed by atoms with van der Waals surface area (Å²) in [5, 5.41) is 11.8. The normalized spacial score (nSPS) is 17.7. The Balaban J connectivity index is 0.00000242. The van der Waals surface area contributed by atoms with Gasteiger partial charge in [0.05, 0.1) is 18.3 Å². The predicted molar refractivity (Wildman–Crippen MR) is 154 cm³/mol. The SMILES string of the molecule is Cl.Cl.O=C(Nc1cc(CN2CCC[C@H]2C(F)(F)F)c(-c2cccnc2)cn1)c1cnc(N2CCC(C(=O)O)CC2)cn1. The number of carbonyl (C=O) groups excluding carboxylic acids is 1. The predicted octanol–water partition coefficient (Wildman–Crippen LogP) is 4.86. The highest BCUT2D eigenvalue weighted by Crippen LogP contribution is 2.35. The molecule has 5 rings (SSSR count). The van der Waals surface area contributed by atoms with E-state index in [0.717, 1.165) is 0 Å². The van der Waals surface area contributed by atoms with E-state index in [0.29, 0.717) is 61.4 Å². The van der Waals surface area contributed by atoms with E-state index in [9.17, 15) is 27.9 Å². The molecular formula is C27H30Cl2F3N7O3. The Morgan fingerprint density at radius 1 is 1.00 bits per heavy atom. The first-order valence-corrected chi connectivity index (χ1v) is 13.0. The third-order valence-electron chi connectivity index (χ3n) is 7.36. The van der Waals surface area contributed by atoms with Gasteiger partial charge in [0.25, 0.3) is 5.91 Å². The zero-order valence-electron chi connectivity index (χ0n) is 22.3. The Morgan fingerprint density at radius 3 is 2.38 bits per heavy atom. The molecule has 0 bridgehead atoms. The number of likely N-dealkylation sites (tertiary alicyclic amines) is 1. The van der Waals surface area contributed by atoms with E-state index in [1.54, 1.807) is 30.6 Å². The molecule has 226 valence electrons. The number of aromatic nitrogens is 4. The lowest BCUT2D eigenvalue weighted by Gasteiger charge is -2.30. The number of carboxylic acid groups (broad SMARTS) is 1. The zero-order chi connectivity index (χ0) is 28.3. The van der Waals surface area contributed by atoms with Crippen LogP contribution in [0.2, 0.25) is 0 Å². The second-order valence-corrected chi connectivity index (χ2v) is 9.95. The van der Waals surface area contributed by atoms with Gasteiger partial charge in [0.2, 0.25) is 0 Å². The average molecular weight is 628 g/mol. The monoisotopic (exact) mass is 627 g/mol. The van der Waals surface area contributed by atoms with Gasteiger partial charge in [-0.2, -0.15) is 13.2 Å². The Labute approximate surface area is 252 Å². The van der Waals surface area contributed by atoms with Crippen LogP contribution < -0.4 is 10.2 Å². The number of hydrogen-bond acceptors (Lipinski definition) is 8. The van der Waals surface area contributed by atoms with Crippen LogP contribution in [0.4, 0.5) is 24.8 Å². The molecule has 0 aliphatic carbocycles. The second kappa shape index (κ2) is 14.1. The van der Waals surface area contributed by atoms with Crippen LogP contribution in [0.1, 0.15) is 41.7 Å². The van der Waals surface area contributed by atoms with Gasteiger partial charge in [-0.05, 0) is 49.9 Å². The Morgan fingerprint density at radius 2 is 1.76 bits per heavy atom. The molecule has 0 radical (unpaired) electrons. The molecule has 3 aromatic heterocycles. The highest BCUT2D eigenvalue weighted by molar-refractivity contribution is 6.02. The molecule has 1 atom stereocenters. The number of aliphatic carboxylic acids is 1. The van der Waals surface area contributed by atoms with Crippen molar-refractivity contribution >= 4 is 48.3 Å². The highest BCUT2D eigenvalue weighted by atomic mass is 35.5. The van der Waals surface area contributed by atoms with Crippen LogP contribution in [0, 0.1) is 5.92 Å². The number of alkyl halides is 3. The van der Waals surface area contributed by atoms with Gasteiger partial charge < -0.3 is 15.3 Å². The fourth-order valence-electron chi connectivity index (χ4n) is 5.22. The molecule has 2 fully saturated rings. The number of piperidine rings is 1. The fourth-order valence-corrected chi connectivity index (χ4v) is 5.22. The molecule has 1 amide bonds. The molecule has 2 saturated heterocycles. The van der Waals surface area contributed by atoms with Crippen molar-refractivity contribution in [2.75, 3.05) is 29.9 Å². The molecule has 2 aliphatic rings. The molecule has 15 heteroatoms. The summed E-state index contributed by atoms with van der Waals surface area (Å²) < 4.78 is 40.8. The maximum Gasteiger partial charge on any atom is 0.404 e. The molecule has 2 aliphatic heterocycles. The third kappa shape index (κ3) is 7.64. The summed E-state index contributed by atoms with van der Waals surface area (Å²) in [6.45, 7) is 1.40. The number of amides is 1. The molecule has 3 aromatic rings. The lowest BCUT2D eigenvalue weighted by atomic mass is 9.97. The number of pyridine rings is 2. The first-order chi connectivity index (χ1) is 19.2. The Kier molecular flexibility index (Phi) is 11.0. The topological polar surface area (TPSA) is 124 Å². The summed E-state index contributed by atoms with van der Waals surface area (Å²) >= 11 is 0. The van der Waals surface area contributed by atoms with Crippen LogP contribution in [-0.4, -0.2) is 73.7 Å². The van der Waals surface area contributed by atoms with Gasteiger partial charge in [-0.25, -0.2) is 15.0 Å². The van der Waals surface area contributed by atoms with E-state index >= 15 is 0 Å². The number of anilines is 2. The summed E-state index contributed by atoms with van der Waals surface area (Å²) in [6.07, 6.45) is 4.72. The quantitative estimate of drug-likeness (QED) is 0.378. The number of hydrogen-bond donors (Lipinski definition) is 2. The molecular weight excluding hydrogens is 598 g/mol. The van der Waals surface area contributed by atoms with Crippen LogP contribution >= 0.6 is 24.8 Å². The third-order valence-corrected chi connectivity index (χ3v) is 7.36. The number of rotatable bonds is 7. The first kappa shape index (κ1) is 33.0. The molecule has 5 heterocycles. The number of carboxylic acids is 1. The van der Waals surface area contributed by atoms with Gasteiger partial charge in [0.1, 0.15) is 23.4 Å². The summed E-state index contributed by atoms with van der Waals surface area (Å²) in [4.78, 5) is 44.4. The maximum atomic E-state index is 13.6. The van der Waals surface area contributed by atoms with E-state index in [-0.39, 0.29) is 55.2 Å². The van der Waals surface area contributed by atoms with Gasteiger partial charge in [0.15, 0.2) is 0 Å². The minimum atomic E-state index is -4.33. The van der Waals surface area contributed by atoms with Crippen molar-refractivity contribution in [2.24, 2.45) is 5.92 Å². The fraction of sp³-hybridized carbons (Fsp3) is 0.407. The smallest absolute Gasteiger partial charge is 0.404 e. The highest BCUT2D eigenvalue weighted by Gasteiger charge is 2.45. The van der Waals surface area contributed by atoms with E-state index in [1.165, 1.54) is 23.5 Å². The van der Waals surface area contributed by atoms with Crippen LogP contribution in [-0.2, 0) is 11.3 Å². The molecule has 42 heavy (non-hydrogen) atoms. The zero-order valence-corrected chi connectivity index (χ0v) is 24.0. The number of nitrogens with zero attached hydrogens (tertiary/aromatic N) is 6. The molecule has 0 aromatic carbocycles. The van der Waals surface area contributed by atoms with Gasteiger partial charge >= 0.3 is 12.1 Å². The minimum absolute atomic E-state index is 0. The van der Waals surface area contributed by atoms with Gasteiger partial charge in [-0.15, -0.1) is 24.8 Å². The largest absolute Gasteiger partial charge is 0.481 e. The lowest BCUT2D eigenvalue weighted by molar-refractivity contribution is -0.177. The molecule has 0 saturated carbocycles. The van der Waals surface area contributed by atoms with E-state index in [1.807, 2.05) is 4.90 Å². The molecule has 2 N–H and O–H groups in total.